The molecule has 2 N–H and O–H groups in total. The van der Waals surface area contributed by atoms with Gasteiger partial charge in [-0.2, -0.15) is 0 Å². The Bertz CT molecular complexity index is 561. The van der Waals surface area contributed by atoms with Crippen molar-refractivity contribution in [1.82, 2.24) is 0 Å². The third kappa shape index (κ3) is 3.13. The summed E-state index contributed by atoms with van der Waals surface area (Å²) in [6.07, 6.45) is -4.67. The minimum atomic E-state index is -2.25. The highest BCUT2D eigenvalue weighted by molar-refractivity contribution is 6.74. The molecule has 0 radical (unpaired) electrons. The van der Waals surface area contributed by atoms with Crippen LogP contribution in [0.2, 0.25) is 18.1 Å². The van der Waals surface area contributed by atoms with E-state index in [0.29, 0.717) is 0 Å². The van der Waals surface area contributed by atoms with Crippen LogP contribution in [0.1, 0.15) is 34.1 Å². The summed E-state index contributed by atoms with van der Waals surface area (Å²) in [6, 6.07) is 0. The molecule has 0 spiro atoms. The molecule has 4 fully saturated rings. The Hall–Kier alpha value is -0.553. The first-order valence-corrected chi connectivity index (χ1v) is 12.0. The van der Waals surface area contributed by atoms with E-state index in [1.165, 1.54) is 0 Å². The third-order valence-electron chi connectivity index (χ3n) is 6.01. The van der Waals surface area contributed by atoms with Gasteiger partial charge in [0.2, 0.25) is 0 Å². The highest BCUT2D eigenvalue weighted by Gasteiger charge is 2.70. The summed E-state index contributed by atoms with van der Waals surface area (Å²) in [7, 11) is -2.25. The maximum Gasteiger partial charge on any atom is 0.308 e. The van der Waals surface area contributed by atoms with Crippen LogP contribution in [0.3, 0.4) is 0 Å². The summed E-state index contributed by atoms with van der Waals surface area (Å²) in [5.41, 5.74) is -1.74. The van der Waals surface area contributed by atoms with Gasteiger partial charge in [-0.25, -0.2) is 0 Å². The van der Waals surface area contributed by atoms with Crippen molar-refractivity contribution in [1.29, 1.82) is 0 Å². The van der Waals surface area contributed by atoms with Gasteiger partial charge in [0.15, 0.2) is 8.32 Å². The second-order valence-corrected chi connectivity index (χ2v) is 13.6. The number of carbonyl (C=O) groups is 1. The molecule has 0 aromatic rings. The van der Waals surface area contributed by atoms with Gasteiger partial charge < -0.3 is 33.6 Å². The van der Waals surface area contributed by atoms with Crippen LogP contribution in [-0.2, 0) is 28.2 Å². The van der Waals surface area contributed by atoms with E-state index in [-0.39, 0.29) is 18.1 Å². The summed E-state index contributed by atoms with van der Waals surface area (Å²) in [5, 5.41) is 21.9. The van der Waals surface area contributed by atoms with Gasteiger partial charge in [-0.3, -0.25) is 4.79 Å². The molecule has 26 heavy (non-hydrogen) atoms. The summed E-state index contributed by atoms with van der Waals surface area (Å²) in [4.78, 5) is 12.1. The van der Waals surface area contributed by atoms with Crippen LogP contribution < -0.4 is 0 Å². The molecule has 0 unspecified atom stereocenters. The average molecular weight is 391 g/mol. The molecule has 4 rings (SSSR count). The van der Waals surface area contributed by atoms with Gasteiger partial charge in [0.05, 0.1) is 13.0 Å². The molecular formula is C17H30O8Si. The van der Waals surface area contributed by atoms with Crippen LogP contribution in [0.4, 0.5) is 0 Å². The van der Waals surface area contributed by atoms with Gasteiger partial charge in [-0.1, -0.05) is 20.8 Å². The van der Waals surface area contributed by atoms with Crippen LogP contribution in [0, 0.1) is 0 Å². The van der Waals surface area contributed by atoms with Crippen LogP contribution in [0.25, 0.3) is 0 Å². The molecule has 0 amide bonds. The minimum Gasteiger partial charge on any atom is -0.466 e. The number of esters is 1. The number of hydrogen-bond donors (Lipinski definition) is 2. The Labute approximate surface area is 154 Å². The zero-order valence-corrected chi connectivity index (χ0v) is 17.2. The molecule has 4 aliphatic rings. The van der Waals surface area contributed by atoms with Crippen molar-refractivity contribution in [2.45, 2.75) is 94.8 Å². The normalized spacial score (nSPS) is 42.2. The predicted octanol–water partition coefficient (Wildman–Crippen LogP) is 0.902. The van der Waals surface area contributed by atoms with Gasteiger partial charge in [0.1, 0.15) is 36.1 Å². The van der Waals surface area contributed by atoms with E-state index in [2.05, 4.69) is 33.9 Å². The lowest BCUT2D eigenvalue weighted by molar-refractivity contribution is -0.498. The zero-order chi connectivity index (χ0) is 19.5. The highest BCUT2D eigenvalue weighted by Crippen LogP contribution is 2.50. The summed E-state index contributed by atoms with van der Waals surface area (Å²) >= 11 is 0. The van der Waals surface area contributed by atoms with Crippen LogP contribution in [0.15, 0.2) is 0 Å². The van der Waals surface area contributed by atoms with E-state index in [4.69, 9.17) is 23.4 Å². The molecule has 1 aliphatic carbocycles. The molecular weight excluding hydrogens is 360 g/mol. The van der Waals surface area contributed by atoms with Crippen molar-refractivity contribution >= 4 is 14.3 Å². The molecule has 3 saturated heterocycles. The molecule has 150 valence electrons. The smallest absolute Gasteiger partial charge is 0.308 e. The van der Waals surface area contributed by atoms with Gasteiger partial charge in [-0.15, -0.1) is 0 Å². The molecule has 8 nitrogen and oxygen atoms in total. The Morgan fingerprint density at radius 2 is 1.81 bits per heavy atom. The van der Waals surface area contributed by atoms with Crippen LogP contribution in [-0.4, -0.2) is 73.7 Å². The molecule has 1 saturated carbocycles. The quantitative estimate of drug-likeness (QED) is 0.527. The molecule has 4 bridgehead atoms. The first-order chi connectivity index (χ1) is 11.9. The number of aliphatic hydroxyl groups excluding tert-OH is 1. The van der Waals surface area contributed by atoms with Crippen molar-refractivity contribution in [2.75, 3.05) is 6.61 Å². The molecule has 9 heteroatoms. The van der Waals surface area contributed by atoms with Crippen molar-refractivity contribution in [3.63, 3.8) is 0 Å². The number of rotatable bonds is 5. The highest BCUT2D eigenvalue weighted by atomic mass is 28.4. The van der Waals surface area contributed by atoms with Crippen molar-refractivity contribution in [3.05, 3.63) is 0 Å². The third-order valence-corrected chi connectivity index (χ3v) is 10.5. The van der Waals surface area contributed by atoms with Crippen LogP contribution >= 0.6 is 0 Å². The van der Waals surface area contributed by atoms with E-state index >= 15 is 0 Å². The molecule has 0 aromatic heterocycles. The monoisotopic (exact) mass is 390 g/mol. The Morgan fingerprint density at radius 3 is 2.38 bits per heavy atom. The molecule has 3 heterocycles. The van der Waals surface area contributed by atoms with E-state index in [1.807, 2.05) is 0 Å². The summed E-state index contributed by atoms with van der Waals surface area (Å²) < 4.78 is 28.3. The second kappa shape index (κ2) is 6.51. The maximum atomic E-state index is 12.1. The maximum absolute atomic E-state index is 12.1. The van der Waals surface area contributed by atoms with Gasteiger partial charge in [0.25, 0.3) is 6.48 Å². The number of aliphatic hydroxyl groups is 2. The van der Waals surface area contributed by atoms with Crippen molar-refractivity contribution in [3.8, 4) is 0 Å². The second-order valence-electron chi connectivity index (χ2n) is 8.81. The fraction of sp³-hybridized carbons (Fsp3) is 0.941. The summed E-state index contributed by atoms with van der Waals surface area (Å²) in [5.74, 6) is -0.575. The van der Waals surface area contributed by atoms with Crippen molar-refractivity contribution < 1.29 is 38.4 Å². The fourth-order valence-electron chi connectivity index (χ4n) is 3.59. The Balaban J connectivity index is 1.90. The first-order valence-electron chi connectivity index (χ1n) is 9.11. The minimum absolute atomic E-state index is 0.0810. The lowest BCUT2D eigenvalue weighted by atomic mass is 9.71. The predicted molar refractivity (Wildman–Crippen MR) is 92.7 cm³/mol. The number of ether oxygens (including phenoxy) is 4. The Kier molecular flexibility index (Phi) is 5.05. The molecule has 0 aromatic carbocycles. The van der Waals surface area contributed by atoms with Crippen molar-refractivity contribution in [2.24, 2.45) is 0 Å². The van der Waals surface area contributed by atoms with E-state index in [1.54, 1.807) is 6.92 Å². The average Bonchev–Trinajstić information content (AvgIpc) is 2.50. The van der Waals surface area contributed by atoms with Crippen LogP contribution in [0.5, 0.6) is 0 Å². The van der Waals surface area contributed by atoms with E-state index in [9.17, 15) is 15.0 Å². The van der Waals surface area contributed by atoms with Gasteiger partial charge in [-0.05, 0) is 25.1 Å². The number of carbonyl (C=O) groups excluding carboxylic acids is 1. The molecule has 3 aliphatic heterocycles. The van der Waals surface area contributed by atoms with E-state index < -0.39 is 56.9 Å². The topological polar surface area (TPSA) is 104 Å². The standard InChI is InChI=1S/C17H30O8Si/c1-7-21-9(18)8-17(20)13-10(19)11-12(14(17)24-15(22-11)23-13)25-26(5,6)16(2,3)4/h10-15,19-20H,7-8H2,1-6H3/t10-,11-,12-,13+,14-,15+,17-/m0/s1. The largest absolute Gasteiger partial charge is 0.466 e. The Morgan fingerprint density at radius 1 is 1.19 bits per heavy atom. The summed E-state index contributed by atoms with van der Waals surface area (Å²) in [6.45, 7) is 11.4. The van der Waals surface area contributed by atoms with Gasteiger partial charge >= 0.3 is 5.97 Å². The van der Waals surface area contributed by atoms with Gasteiger partial charge in [0, 0.05) is 0 Å². The fourth-order valence-corrected chi connectivity index (χ4v) is 4.88. The lowest BCUT2D eigenvalue weighted by Crippen LogP contribution is -2.81. The SMILES string of the molecule is CCOC(=O)C[C@]1(O)[C@@H]2O[C@H]3O[C@@H]([C@@H]2O)[C@H](O[Si](C)(C)C(C)(C)C)[C@@H]1O3. The van der Waals surface area contributed by atoms with E-state index in [0.717, 1.165) is 0 Å². The number of hydrogen-bond acceptors (Lipinski definition) is 8. The molecule has 7 atom stereocenters. The zero-order valence-electron chi connectivity index (χ0n) is 16.2. The lowest BCUT2D eigenvalue weighted by Gasteiger charge is -2.62. The first kappa shape index (κ1) is 20.2.